The molecule has 0 N–H and O–H groups in total. The van der Waals surface area contributed by atoms with Crippen LogP contribution in [0.5, 0.6) is 0 Å². The van der Waals surface area contributed by atoms with E-state index >= 15 is 0 Å². The van der Waals surface area contributed by atoms with Crippen molar-refractivity contribution in [2.75, 3.05) is 23.7 Å². The van der Waals surface area contributed by atoms with Gasteiger partial charge in [0.1, 0.15) is 0 Å². The first kappa shape index (κ1) is 8.52. The molecule has 2 rings (SSSR count). The summed E-state index contributed by atoms with van der Waals surface area (Å²) in [6.45, 7) is 1.78. The minimum Gasteiger partial charge on any atom is -0.359 e. The van der Waals surface area contributed by atoms with Crippen molar-refractivity contribution in [3.05, 3.63) is 24.3 Å². The van der Waals surface area contributed by atoms with Crippen LogP contribution in [0.4, 0.5) is 5.69 Å². The van der Waals surface area contributed by atoms with Crippen molar-refractivity contribution in [2.24, 2.45) is 0 Å². The van der Waals surface area contributed by atoms with E-state index in [1.54, 1.807) is 0 Å². The molecule has 1 heterocycles. The maximum atomic E-state index is 5.32. The van der Waals surface area contributed by atoms with Gasteiger partial charge in [0.2, 0.25) is 0 Å². The van der Waals surface area contributed by atoms with Gasteiger partial charge in [0.15, 0.2) is 0 Å². The molecule has 66 valence electrons. The third-order valence-corrected chi connectivity index (χ3v) is 3.15. The molecule has 0 spiro atoms. The maximum Gasteiger partial charge on any atom is 0.0792 e. The van der Waals surface area contributed by atoms with Crippen LogP contribution in [0.3, 0.4) is 0 Å². The summed E-state index contributed by atoms with van der Waals surface area (Å²) in [6, 6.07) is 8.43. The lowest BCUT2D eigenvalue weighted by Crippen LogP contribution is -2.29. The van der Waals surface area contributed by atoms with E-state index < -0.39 is 0 Å². The van der Waals surface area contributed by atoms with E-state index in [-0.39, 0.29) is 0 Å². The van der Waals surface area contributed by atoms with Crippen LogP contribution in [0, 0.1) is 12.3 Å². The molecule has 0 amide bonds. The molecule has 0 bridgehead atoms. The van der Waals surface area contributed by atoms with Crippen LogP contribution >= 0.6 is 11.8 Å². The smallest absolute Gasteiger partial charge is 0.0792 e. The van der Waals surface area contributed by atoms with Crippen LogP contribution in [-0.2, 0) is 0 Å². The molecule has 0 fully saturated rings. The predicted molar refractivity (Wildman–Crippen MR) is 58.2 cm³/mol. The van der Waals surface area contributed by atoms with Gasteiger partial charge in [-0.1, -0.05) is 18.1 Å². The predicted octanol–water partition coefficient (Wildman–Crippen LogP) is 2.23. The number of thioether (sulfide) groups is 1. The van der Waals surface area contributed by atoms with E-state index in [1.807, 2.05) is 11.8 Å². The number of rotatable bonds is 1. The van der Waals surface area contributed by atoms with Crippen LogP contribution in [0.2, 0.25) is 0 Å². The highest BCUT2D eigenvalue weighted by atomic mass is 32.2. The van der Waals surface area contributed by atoms with E-state index in [0.29, 0.717) is 0 Å². The first-order valence-electron chi connectivity index (χ1n) is 4.32. The molecule has 1 aliphatic rings. The number of benzene rings is 1. The summed E-state index contributed by atoms with van der Waals surface area (Å²) in [6.07, 6.45) is 5.32. The van der Waals surface area contributed by atoms with Crippen molar-refractivity contribution in [2.45, 2.75) is 4.90 Å². The van der Waals surface area contributed by atoms with Crippen molar-refractivity contribution in [1.29, 1.82) is 0 Å². The molecule has 1 nitrogen and oxygen atoms in total. The Bertz CT molecular complexity index is 340. The summed E-state index contributed by atoms with van der Waals surface area (Å²) in [7, 11) is 0. The zero-order chi connectivity index (χ0) is 9.10. The van der Waals surface area contributed by atoms with E-state index in [0.717, 1.165) is 18.8 Å². The van der Waals surface area contributed by atoms with E-state index in [9.17, 15) is 0 Å². The molecule has 1 aliphatic heterocycles. The molecular weight excluding hydrogens is 178 g/mol. The quantitative estimate of drug-likeness (QED) is 0.623. The van der Waals surface area contributed by atoms with E-state index in [1.165, 1.54) is 10.6 Å². The van der Waals surface area contributed by atoms with Gasteiger partial charge in [-0.3, -0.25) is 0 Å². The monoisotopic (exact) mass is 189 g/mol. The van der Waals surface area contributed by atoms with Crippen LogP contribution in [-0.4, -0.2) is 18.8 Å². The lowest BCUT2D eigenvalue weighted by molar-refractivity contribution is 0.898. The number of hydrogen-bond donors (Lipinski definition) is 0. The molecule has 0 saturated heterocycles. The van der Waals surface area contributed by atoms with Gasteiger partial charge in [-0.25, -0.2) is 0 Å². The van der Waals surface area contributed by atoms with Crippen molar-refractivity contribution < 1.29 is 0 Å². The number of fused-ring (bicyclic) bond motifs is 1. The molecule has 13 heavy (non-hydrogen) atoms. The molecule has 2 heteroatoms. The Hall–Kier alpha value is -1.07. The zero-order valence-corrected chi connectivity index (χ0v) is 8.18. The molecule has 0 radical (unpaired) electrons. The highest BCUT2D eigenvalue weighted by Gasteiger charge is 2.14. The first-order chi connectivity index (χ1) is 6.42. The minimum atomic E-state index is 0.720. The number of para-hydroxylation sites is 1. The van der Waals surface area contributed by atoms with Crippen molar-refractivity contribution >= 4 is 17.4 Å². The zero-order valence-electron chi connectivity index (χ0n) is 7.36. The summed E-state index contributed by atoms with van der Waals surface area (Å²) in [5.74, 6) is 3.83. The topological polar surface area (TPSA) is 3.24 Å². The summed E-state index contributed by atoms with van der Waals surface area (Å²) >= 11 is 1.91. The van der Waals surface area contributed by atoms with Gasteiger partial charge in [0.05, 0.1) is 12.2 Å². The number of nitrogens with zero attached hydrogens (tertiary/aromatic N) is 1. The molecule has 0 unspecified atom stereocenters. The van der Waals surface area contributed by atoms with Crippen molar-refractivity contribution in [1.82, 2.24) is 0 Å². The van der Waals surface area contributed by atoms with E-state index in [2.05, 4.69) is 35.1 Å². The van der Waals surface area contributed by atoms with Gasteiger partial charge in [0.25, 0.3) is 0 Å². The Morgan fingerprint density at radius 1 is 1.46 bits per heavy atom. The number of hydrogen-bond acceptors (Lipinski definition) is 2. The largest absolute Gasteiger partial charge is 0.359 e. The Morgan fingerprint density at radius 2 is 2.31 bits per heavy atom. The third kappa shape index (κ3) is 1.66. The average molecular weight is 189 g/mol. The maximum absolute atomic E-state index is 5.32. The summed E-state index contributed by atoms with van der Waals surface area (Å²) < 4.78 is 0. The molecule has 0 aliphatic carbocycles. The molecular formula is C11H11NS. The Balaban J connectivity index is 2.32. The summed E-state index contributed by atoms with van der Waals surface area (Å²) in [5.41, 5.74) is 1.29. The molecule has 0 atom stereocenters. The average Bonchev–Trinajstić information content (AvgIpc) is 2.19. The van der Waals surface area contributed by atoms with Crippen LogP contribution in [0.1, 0.15) is 0 Å². The highest BCUT2D eigenvalue weighted by molar-refractivity contribution is 7.99. The Labute approximate surface area is 83.1 Å². The second-order valence-electron chi connectivity index (χ2n) is 2.94. The Morgan fingerprint density at radius 3 is 3.15 bits per heavy atom. The summed E-state index contributed by atoms with van der Waals surface area (Å²) in [5, 5.41) is 0. The number of anilines is 1. The Kier molecular flexibility index (Phi) is 2.47. The minimum absolute atomic E-state index is 0.720. The fourth-order valence-electron chi connectivity index (χ4n) is 1.50. The van der Waals surface area contributed by atoms with Gasteiger partial charge < -0.3 is 4.90 Å². The lowest BCUT2D eigenvalue weighted by atomic mass is 10.3. The van der Waals surface area contributed by atoms with Crippen molar-refractivity contribution in [3.63, 3.8) is 0 Å². The molecule has 0 aromatic heterocycles. The van der Waals surface area contributed by atoms with Crippen molar-refractivity contribution in [3.8, 4) is 12.3 Å². The van der Waals surface area contributed by atoms with Crippen LogP contribution in [0.15, 0.2) is 29.2 Å². The van der Waals surface area contributed by atoms with Gasteiger partial charge in [-0.15, -0.1) is 18.2 Å². The second kappa shape index (κ2) is 3.76. The van der Waals surface area contributed by atoms with Crippen LogP contribution in [0.25, 0.3) is 0 Å². The number of terminal acetylenes is 1. The molecule has 0 saturated carbocycles. The fourth-order valence-corrected chi connectivity index (χ4v) is 2.55. The SMILES string of the molecule is C#CCN1CCSc2ccccc21. The van der Waals surface area contributed by atoms with E-state index in [4.69, 9.17) is 6.42 Å². The first-order valence-corrected chi connectivity index (χ1v) is 5.30. The molecule has 1 aromatic rings. The second-order valence-corrected chi connectivity index (χ2v) is 4.08. The normalized spacial score (nSPS) is 14.8. The third-order valence-electron chi connectivity index (χ3n) is 2.11. The van der Waals surface area contributed by atoms with Gasteiger partial charge in [-0.05, 0) is 12.1 Å². The van der Waals surface area contributed by atoms with Crippen LogP contribution < -0.4 is 4.90 Å². The van der Waals surface area contributed by atoms with Gasteiger partial charge in [0, 0.05) is 17.2 Å². The lowest BCUT2D eigenvalue weighted by Gasteiger charge is -2.28. The van der Waals surface area contributed by atoms with Gasteiger partial charge >= 0.3 is 0 Å². The fraction of sp³-hybridized carbons (Fsp3) is 0.273. The highest BCUT2D eigenvalue weighted by Crippen LogP contribution is 2.33. The van der Waals surface area contributed by atoms with Gasteiger partial charge in [-0.2, -0.15) is 0 Å². The standard InChI is InChI=1S/C11H11NS/c1-2-7-12-8-9-13-11-6-4-3-5-10(11)12/h1,3-6H,7-9H2. The summed E-state index contributed by atoms with van der Waals surface area (Å²) in [4.78, 5) is 3.61. The molecule has 1 aromatic carbocycles.